The third-order valence-electron chi connectivity index (χ3n) is 2.92. The average Bonchev–Trinajstić information content (AvgIpc) is 2.52. The van der Waals surface area contributed by atoms with Crippen LogP contribution < -0.4 is 16.2 Å². The maximum Gasteiger partial charge on any atom is 0.269 e. The maximum atomic E-state index is 14.2. The first kappa shape index (κ1) is 15.6. The van der Waals surface area contributed by atoms with E-state index in [0.717, 1.165) is 7.11 Å². The molecule has 0 radical (unpaired) electrons. The fourth-order valence-corrected chi connectivity index (χ4v) is 2.00. The van der Waals surface area contributed by atoms with Gasteiger partial charge in [-0.15, -0.1) is 0 Å². The van der Waals surface area contributed by atoms with Gasteiger partial charge in [0.05, 0.1) is 33.0 Å². The minimum Gasteiger partial charge on any atom is -0.615 e. The fourth-order valence-electron chi connectivity index (χ4n) is 1.79. The second-order valence-corrected chi connectivity index (χ2v) is 4.59. The number of hydrogen-bond acceptors (Lipinski definition) is 6. The van der Waals surface area contributed by atoms with Crippen molar-refractivity contribution < 1.29 is 19.2 Å². The molecule has 0 spiro atoms. The van der Waals surface area contributed by atoms with E-state index in [1.165, 1.54) is 24.3 Å². The summed E-state index contributed by atoms with van der Waals surface area (Å²) in [6.07, 6.45) is 0. The number of nitro groups is 1. The molecule has 0 fully saturated rings. The van der Waals surface area contributed by atoms with Crippen LogP contribution in [0.5, 0.6) is 0 Å². The summed E-state index contributed by atoms with van der Waals surface area (Å²) in [6.45, 7) is 0. The van der Waals surface area contributed by atoms with E-state index in [-0.39, 0.29) is 27.7 Å². The number of nitro benzene ring substituents is 1. The summed E-state index contributed by atoms with van der Waals surface area (Å²) in [5.41, 5.74) is 4.89. The van der Waals surface area contributed by atoms with Crippen molar-refractivity contribution in [3.63, 3.8) is 0 Å². The van der Waals surface area contributed by atoms with E-state index in [0.29, 0.717) is 0 Å². The minimum absolute atomic E-state index is 0.128. The highest BCUT2D eigenvalue weighted by atomic mass is 35.5. The Hall–Kier alpha value is -2.74. The van der Waals surface area contributed by atoms with Crippen molar-refractivity contribution in [2.24, 2.45) is 5.73 Å². The van der Waals surface area contributed by atoms with E-state index in [1.807, 2.05) is 0 Å². The number of rotatable bonds is 3. The topological polar surface area (TPSA) is 113 Å². The first-order valence-corrected chi connectivity index (χ1v) is 6.27. The van der Waals surface area contributed by atoms with Crippen molar-refractivity contribution in [3.05, 3.63) is 68.1 Å². The second-order valence-electron chi connectivity index (χ2n) is 4.21. The number of nitrogens with one attached hydrogen (secondary N) is 1. The predicted octanol–water partition coefficient (Wildman–Crippen LogP) is 1.42. The van der Waals surface area contributed by atoms with Crippen molar-refractivity contribution in [2.75, 3.05) is 7.11 Å². The molecule has 0 aromatic heterocycles. The van der Waals surface area contributed by atoms with Crippen LogP contribution in [0.2, 0.25) is 0 Å². The quantitative estimate of drug-likeness (QED) is 0.493. The zero-order valence-electron chi connectivity index (χ0n) is 11.2. The summed E-state index contributed by atoms with van der Waals surface area (Å²) < 4.78 is 18.8. The maximum absolute atomic E-state index is 14.2. The van der Waals surface area contributed by atoms with Crippen LogP contribution in [0.1, 0.15) is 5.56 Å². The van der Waals surface area contributed by atoms with Crippen molar-refractivity contribution in [1.29, 1.82) is 0 Å². The normalized spacial score (nSPS) is 17.2. The first-order valence-electron chi connectivity index (χ1n) is 5.89. The lowest BCUT2D eigenvalue weighted by Crippen LogP contribution is -2.27. The number of allylic oxidation sites excluding steroid dienone is 2. The summed E-state index contributed by atoms with van der Waals surface area (Å²) in [7, 11) is 1.14. The molecule has 9 heteroatoms. The zero-order valence-corrected chi connectivity index (χ0v) is 12.0. The number of methoxy groups -OCH3 is 1. The number of hydrogen-bond donors (Lipinski definition) is 2. The van der Waals surface area contributed by atoms with Crippen LogP contribution in [0, 0.1) is 10.1 Å². The van der Waals surface area contributed by atoms with Gasteiger partial charge in [0.25, 0.3) is 5.69 Å². The molecular weight excluding hydrogens is 317 g/mol. The molecule has 0 saturated heterocycles. The van der Waals surface area contributed by atoms with Gasteiger partial charge < -0.3 is 20.9 Å². The molecule has 116 valence electrons. The van der Waals surface area contributed by atoms with Crippen LogP contribution in [-0.2, 0) is 4.74 Å². The summed E-state index contributed by atoms with van der Waals surface area (Å²) in [5, 5.41) is 24.5. The zero-order chi connectivity index (χ0) is 16.4. The number of dihydropyridines is 1. The smallest absolute Gasteiger partial charge is 0.269 e. The monoisotopic (exact) mass is 326 g/mol. The van der Waals surface area contributed by atoms with Gasteiger partial charge in [0, 0.05) is 17.7 Å². The summed E-state index contributed by atoms with van der Waals surface area (Å²) in [4.78, 5) is 10.0. The van der Waals surface area contributed by atoms with E-state index in [9.17, 15) is 19.6 Å². The molecule has 1 heterocycles. The highest BCUT2D eigenvalue weighted by Gasteiger charge is 2.25. The van der Waals surface area contributed by atoms with Crippen molar-refractivity contribution in [1.82, 2.24) is 5.32 Å². The highest BCUT2D eigenvalue weighted by molar-refractivity contribution is 6.33. The molecule has 0 aliphatic carbocycles. The Morgan fingerprint density at radius 1 is 1.41 bits per heavy atom. The lowest BCUT2D eigenvalue weighted by molar-refractivity contribution is -0.384. The van der Waals surface area contributed by atoms with Gasteiger partial charge in [-0.05, 0) is 19.2 Å². The van der Waals surface area contributed by atoms with Gasteiger partial charge in [0.15, 0.2) is 5.83 Å². The molecule has 1 aromatic carbocycles. The molecule has 1 aliphatic rings. The van der Waals surface area contributed by atoms with E-state index in [2.05, 4.69) is 10.1 Å². The van der Waals surface area contributed by atoms with E-state index in [4.69, 9.17) is 17.3 Å². The van der Waals surface area contributed by atoms with Gasteiger partial charge >= 0.3 is 0 Å². The standard InChI is InChI=1S/C13H11ClFN3O4/c1-22-13(19)12-8(14)10(16)9(15)11(17-12)6-2-4-7(5-3-6)18(20)21/h2-5,17,19H,16H2,1H3/p-1. The van der Waals surface area contributed by atoms with Crippen LogP contribution in [0.25, 0.3) is 5.70 Å². The molecule has 0 atom stereocenters. The molecule has 1 aliphatic heterocycles. The minimum atomic E-state index is -0.869. The van der Waals surface area contributed by atoms with Crippen LogP contribution in [-0.4, -0.2) is 12.0 Å². The van der Waals surface area contributed by atoms with Gasteiger partial charge in [-0.3, -0.25) is 10.1 Å². The third-order valence-corrected chi connectivity index (χ3v) is 3.31. The average molecular weight is 327 g/mol. The molecule has 2 rings (SSSR count). The molecular formula is C13H10ClFN3O4-. The van der Waals surface area contributed by atoms with Gasteiger partial charge in [0.1, 0.15) is 0 Å². The predicted molar refractivity (Wildman–Crippen MR) is 75.4 cm³/mol. The van der Waals surface area contributed by atoms with Crippen molar-refractivity contribution in [3.8, 4) is 0 Å². The molecule has 1 aromatic rings. The Morgan fingerprint density at radius 3 is 2.50 bits per heavy atom. The summed E-state index contributed by atoms with van der Waals surface area (Å²) in [6, 6.07) is 5.04. The van der Waals surface area contributed by atoms with E-state index >= 15 is 0 Å². The van der Waals surface area contributed by atoms with Crippen molar-refractivity contribution in [2.45, 2.75) is 0 Å². The number of benzene rings is 1. The van der Waals surface area contributed by atoms with Crippen LogP contribution in [0.15, 0.2) is 52.5 Å². The van der Waals surface area contributed by atoms with Gasteiger partial charge in [0.2, 0.25) is 0 Å². The second kappa shape index (κ2) is 5.94. The third kappa shape index (κ3) is 2.68. The molecule has 0 bridgehead atoms. The number of ether oxygens (including phenoxy) is 1. The Balaban J connectivity index is 2.52. The van der Waals surface area contributed by atoms with Crippen LogP contribution >= 0.6 is 11.6 Å². The number of nitrogens with two attached hydrogens (primary N) is 1. The molecule has 3 N–H and O–H groups in total. The van der Waals surface area contributed by atoms with Crippen LogP contribution in [0.4, 0.5) is 10.1 Å². The summed E-state index contributed by atoms with van der Waals surface area (Å²) in [5.74, 6) is -1.69. The van der Waals surface area contributed by atoms with Crippen LogP contribution in [0.3, 0.4) is 0 Å². The number of non-ortho nitro benzene ring substituents is 1. The fraction of sp³-hybridized carbons (Fsp3) is 0.0769. The SMILES string of the molecule is COC([O-])=C1NC(c2ccc([N+](=O)[O-])cc2)=C(F)C(N)=C1Cl. The molecule has 7 nitrogen and oxygen atoms in total. The van der Waals surface area contributed by atoms with E-state index < -0.39 is 22.4 Å². The lowest BCUT2D eigenvalue weighted by Gasteiger charge is -2.25. The molecule has 0 saturated carbocycles. The van der Waals surface area contributed by atoms with Crippen molar-refractivity contribution >= 4 is 23.0 Å². The molecule has 22 heavy (non-hydrogen) atoms. The first-order chi connectivity index (χ1) is 10.4. The number of halogens is 2. The van der Waals surface area contributed by atoms with E-state index in [1.54, 1.807) is 0 Å². The highest BCUT2D eigenvalue weighted by Crippen LogP contribution is 2.33. The Morgan fingerprint density at radius 2 is 2.00 bits per heavy atom. The van der Waals surface area contributed by atoms with Gasteiger partial charge in [-0.2, -0.15) is 0 Å². The Kier molecular flexibility index (Phi) is 4.22. The lowest BCUT2D eigenvalue weighted by atomic mass is 10.1. The Labute approximate surface area is 129 Å². The largest absolute Gasteiger partial charge is 0.615 e. The van der Waals surface area contributed by atoms with Gasteiger partial charge in [-0.1, -0.05) is 11.6 Å². The number of nitrogens with zero attached hydrogens (tertiary/aromatic N) is 1. The van der Waals surface area contributed by atoms with Gasteiger partial charge in [-0.25, -0.2) is 4.39 Å². The Bertz CT molecular complexity index is 725. The molecule has 0 unspecified atom stereocenters. The molecule has 0 amide bonds. The summed E-state index contributed by atoms with van der Waals surface area (Å²) >= 11 is 5.81.